The minimum atomic E-state index is -0.866. The molecule has 0 spiro atoms. The van der Waals surface area contributed by atoms with Crippen LogP contribution < -0.4 is 10.6 Å². The average molecular weight is 272 g/mol. The van der Waals surface area contributed by atoms with Crippen molar-refractivity contribution in [2.75, 3.05) is 6.54 Å². The second-order valence-corrected chi connectivity index (χ2v) is 5.26. The summed E-state index contributed by atoms with van der Waals surface area (Å²) in [6.45, 7) is 7.27. The Labute approximate surface area is 113 Å². The van der Waals surface area contributed by atoms with Crippen molar-refractivity contribution in [3.05, 3.63) is 0 Å². The molecule has 6 nitrogen and oxygen atoms in total. The summed E-state index contributed by atoms with van der Waals surface area (Å²) >= 11 is 0. The number of carboxylic acids is 1. The van der Waals surface area contributed by atoms with Gasteiger partial charge in [0, 0.05) is 19.9 Å². The van der Waals surface area contributed by atoms with Gasteiger partial charge in [0.2, 0.25) is 11.8 Å². The van der Waals surface area contributed by atoms with Gasteiger partial charge in [-0.3, -0.25) is 14.4 Å². The Bertz CT molecular complexity index is 329. The molecule has 0 fully saturated rings. The lowest BCUT2D eigenvalue weighted by molar-refractivity contribution is -0.138. The normalized spacial score (nSPS) is 13.7. The molecule has 0 bridgehead atoms. The van der Waals surface area contributed by atoms with Crippen LogP contribution >= 0.6 is 0 Å². The van der Waals surface area contributed by atoms with Crippen molar-refractivity contribution in [2.24, 2.45) is 11.8 Å². The van der Waals surface area contributed by atoms with Gasteiger partial charge in [0.05, 0.1) is 0 Å². The van der Waals surface area contributed by atoms with Crippen LogP contribution in [0.2, 0.25) is 0 Å². The minimum absolute atomic E-state index is 0.0347. The second-order valence-electron chi connectivity index (χ2n) is 5.26. The van der Waals surface area contributed by atoms with Gasteiger partial charge in [-0.25, -0.2) is 0 Å². The zero-order chi connectivity index (χ0) is 15.0. The Morgan fingerprint density at radius 3 is 2.16 bits per heavy atom. The first-order chi connectivity index (χ1) is 8.72. The number of hydrogen-bond acceptors (Lipinski definition) is 3. The first-order valence-corrected chi connectivity index (χ1v) is 6.49. The fourth-order valence-corrected chi connectivity index (χ4v) is 1.92. The fraction of sp³-hybridized carbons (Fsp3) is 0.769. The topological polar surface area (TPSA) is 95.5 Å². The minimum Gasteiger partial charge on any atom is -0.481 e. The SMILES string of the molecule is CC(=O)NC(C)C(=O)NC[C@H](CC(=O)O)CC(C)C. The van der Waals surface area contributed by atoms with Gasteiger partial charge < -0.3 is 15.7 Å². The van der Waals surface area contributed by atoms with E-state index < -0.39 is 12.0 Å². The van der Waals surface area contributed by atoms with Crippen LogP contribution in [0.4, 0.5) is 0 Å². The molecule has 6 heteroatoms. The van der Waals surface area contributed by atoms with Gasteiger partial charge in [0.15, 0.2) is 0 Å². The Morgan fingerprint density at radius 2 is 1.74 bits per heavy atom. The molecule has 0 aliphatic carbocycles. The molecule has 1 unspecified atom stereocenters. The van der Waals surface area contributed by atoms with E-state index in [0.717, 1.165) is 6.42 Å². The van der Waals surface area contributed by atoms with Crippen molar-refractivity contribution in [1.29, 1.82) is 0 Å². The highest BCUT2D eigenvalue weighted by atomic mass is 16.4. The second kappa shape index (κ2) is 8.50. The molecule has 0 saturated heterocycles. The quantitative estimate of drug-likeness (QED) is 0.608. The molecule has 0 radical (unpaired) electrons. The Morgan fingerprint density at radius 1 is 1.16 bits per heavy atom. The van der Waals surface area contributed by atoms with Gasteiger partial charge in [0.25, 0.3) is 0 Å². The van der Waals surface area contributed by atoms with Crippen molar-refractivity contribution < 1.29 is 19.5 Å². The summed E-state index contributed by atoms with van der Waals surface area (Å²) in [7, 11) is 0. The first kappa shape index (κ1) is 17.4. The molecule has 0 aliphatic heterocycles. The Kier molecular flexibility index (Phi) is 7.79. The first-order valence-electron chi connectivity index (χ1n) is 6.49. The number of amides is 2. The van der Waals surface area contributed by atoms with Crippen LogP contribution in [0.15, 0.2) is 0 Å². The van der Waals surface area contributed by atoms with Gasteiger partial charge in [-0.1, -0.05) is 13.8 Å². The number of hydrogen-bond donors (Lipinski definition) is 3. The number of carboxylic acid groups (broad SMARTS) is 1. The molecule has 0 aromatic rings. The fourth-order valence-electron chi connectivity index (χ4n) is 1.92. The third-order valence-electron chi connectivity index (χ3n) is 2.65. The molecule has 0 rings (SSSR count). The van der Waals surface area contributed by atoms with Crippen molar-refractivity contribution >= 4 is 17.8 Å². The lowest BCUT2D eigenvalue weighted by Crippen LogP contribution is -2.45. The van der Waals surface area contributed by atoms with Crippen molar-refractivity contribution in [2.45, 2.75) is 46.6 Å². The van der Waals surface area contributed by atoms with E-state index in [1.807, 2.05) is 13.8 Å². The van der Waals surface area contributed by atoms with Crippen LogP contribution in [0.25, 0.3) is 0 Å². The molecular formula is C13H24N2O4. The molecule has 3 N–H and O–H groups in total. The summed E-state index contributed by atoms with van der Waals surface area (Å²) in [5.74, 6) is -1.16. The number of nitrogens with one attached hydrogen (secondary N) is 2. The van der Waals surface area contributed by atoms with Crippen molar-refractivity contribution in [3.8, 4) is 0 Å². The maximum Gasteiger partial charge on any atom is 0.303 e. The van der Waals surface area contributed by atoms with Gasteiger partial charge in [-0.15, -0.1) is 0 Å². The third-order valence-corrected chi connectivity index (χ3v) is 2.65. The smallest absolute Gasteiger partial charge is 0.303 e. The van der Waals surface area contributed by atoms with Crippen molar-refractivity contribution in [1.82, 2.24) is 10.6 Å². The van der Waals surface area contributed by atoms with Gasteiger partial charge in [0.1, 0.15) is 6.04 Å². The Balaban J connectivity index is 4.25. The predicted octanol–water partition coefficient (Wildman–Crippen LogP) is 0.764. The highest BCUT2D eigenvalue weighted by Crippen LogP contribution is 2.14. The van der Waals surface area contributed by atoms with E-state index in [2.05, 4.69) is 10.6 Å². The van der Waals surface area contributed by atoms with E-state index in [0.29, 0.717) is 12.5 Å². The summed E-state index contributed by atoms with van der Waals surface area (Å²) in [4.78, 5) is 33.2. The molecule has 110 valence electrons. The highest BCUT2D eigenvalue weighted by Gasteiger charge is 2.18. The number of carbonyl (C=O) groups excluding carboxylic acids is 2. The van der Waals surface area contributed by atoms with Gasteiger partial charge in [-0.2, -0.15) is 0 Å². The van der Waals surface area contributed by atoms with E-state index >= 15 is 0 Å². The summed E-state index contributed by atoms with van der Waals surface area (Å²) in [5, 5.41) is 14.0. The molecule has 19 heavy (non-hydrogen) atoms. The molecule has 0 heterocycles. The Hall–Kier alpha value is -1.59. The summed E-state index contributed by atoms with van der Waals surface area (Å²) in [5.41, 5.74) is 0. The molecule has 0 saturated carbocycles. The maximum atomic E-state index is 11.7. The molecular weight excluding hydrogens is 248 g/mol. The lowest BCUT2D eigenvalue weighted by Gasteiger charge is -2.19. The number of rotatable bonds is 8. The van der Waals surface area contributed by atoms with Crippen LogP contribution in [0.1, 0.15) is 40.5 Å². The zero-order valence-corrected chi connectivity index (χ0v) is 12.0. The predicted molar refractivity (Wildman–Crippen MR) is 71.5 cm³/mol. The van der Waals surface area contributed by atoms with E-state index in [9.17, 15) is 14.4 Å². The van der Waals surface area contributed by atoms with Crippen LogP contribution in [-0.2, 0) is 14.4 Å². The largest absolute Gasteiger partial charge is 0.481 e. The third kappa shape index (κ3) is 9.04. The number of carbonyl (C=O) groups is 3. The average Bonchev–Trinajstić information content (AvgIpc) is 2.22. The van der Waals surface area contributed by atoms with Crippen LogP contribution in [0.5, 0.6) is 0 Å². The molecule has 0 aliphatic rings. The molecule has 2 atom stereocenters. The van der Waals surface area contributed by atoms with Gasteiger partial charge in [-0.05, 0) is 25.2 Å². The summed E-state index contributed by atoms with van der Waals surface area (Å²) < 4.78 is 0. The lowest BCUT2D eigenvalue weighted by atomic mass is 9.94. The molecule has 0 aromatic heterocycles. The monoisotopic (exact) mass is 272 g/mol. The van der Waals surface area contributed by atoms with E-state index in [4.69, 9.17) is 5.11 Å². The highest BCUT2D eigenvalue weighted by molar-refractivity contribution is 5.86. The molecule has 0 aromatic carbocycles. The van der Waals surface area contributed by atoms with Crippen LogP contribution in [-0.4, -0.2) is 35.5 Å². The van der Waals surface area contributed by atoms with Crippen LogP contribution in [0.3, 0.4) is 0 Å². The number of aliphatic carboxylic acids is 1. The van der Waals surface area contributed by atoms with E-state index in [-0.39, 0.29) is 24.2 Å². The zero-order valence-electron chi connectivity index (χ0n) is 12.0. The van der Waals surface area contributed by atoms with E-state index in [1.54, 1.807) is 6.92 Å². The standard InChI is InChI=1S/C13H24N2O4/c1-8(2)5-11(6-12(17)18)7-14-13(19)9(3)15-10(4)16/h8-9,11H,5-7H2,1-4H3,(H,14,19)(H,15,16)(H,17,18)/t9?,11-/m0/s1. The summed E-state index contributed by atoms with van der Waals surface area (Å²) in [6.07, 6.45) is 0.772. The summed E-state index contributed by atoms with van der Waals surface area (Å²) in [6, 6.07) is -0.609. The molecule has 2 amide bonds. The van der Waals surface area contributed by atoms with Crippen LogP contribution in [0, 0.1) is 11.8 Å². The van der Waals surface area contributed by atoms with Gasteiger partial charge >= 0.3 is 5.97 Å². The van der Waals surface area contributed by atoms with Crippen molar-refractivity contribution in [3.63, 3.8) is 0 Å². The van der Waals surface area contributed by atoms with E-state index in [1.165, 1.54) is 6.92 Å². The maximum absolute atomic E-state index is 11.7.